The molecule has 0 saturated carbocycles. The van der Waals surface area contributed by atoms with Gasteiger partial charge in [0, 0.05) is 16.0 Å². The molecule has 2 amide bonds. The van der Waals surface area contributed by atoms with E-state index in [2.05, 4.69) is 0 Å². The molecule has 0 bridgehead atoms. The lowest BCUT2D eigenvalue weighted by Crippen LogP contribution is -2.41. The Kier molecular flexibility index (Phi) is 4.60. The molecule has 0 N–H and O–H groups in total. The number of fused-ring (bicyclic) bond motifs is 1. The van der Waals surface area contributed by atoms with Gasteiger partial charge in [0.15, 0.2) is 0 Å². The number of ether oxygens (including phenoxy) is 1. The molecule has 0 aliphatic carbocycles. The van der Waals surface area contributed by atoms with E-state index in [1.54, 1.807) is 24.5 Å². The number of hydrogen-bond acceptors (Lipinski definition) is 4. The molecule has 0 radical (unpaired) electrons. The number of carbonyl (C=O) groups excluding carboxylic acids is 2. The van der Waals surface area contributed by atoms with Gasteiger partial charge in [-0.1, -0.05) is 36.4 Å². The van der Waals surface area contributed by atoms with Crippen molar-refractivity contribution in [1.82, 2.24) is 4.90 Å². The normalized spacial score (nSPS) is 15.1. The topological polar surface area (TPSA) is 46.6 Å². The van der Waals surface area contributed by atoms with Crippen molar-refractivity contribution in [2.45, 2.75) is 6.54 Å². The van der Waals surface area contributed by atoms with Crippen LogP contribution in [0.5, 0.6) is 5.75 Å². The van der Waals surface area contributed by atoms with Gasteiger partial charge in [0.1, 0.15) is 5.75 Å². The molecule has 0 atom stereocenters. The number of hydrogen-bond donors (Lipinski definition) is 0. The van der Waals surface area contributed by atoms with E-state index in [9.17, 15) is 9.59 Å². The highest BCUT2D eigenvalue weighted by molar-refractivity contribution is 7.11. The highest BCUT2D eigenvalue weighted by Gasteiger charge is 2.34. The quantitative estimate of drug-likeness (QED) is 0.499. The van der Waals surface area contributed by atoms with E-state index in [1.807, 2.05) is 66.1 Å². The van der Waals surface area contributed by atoms with Crippen molar-refractivity contribution in [3.63, 3.8) is 0 Å². The molecule has 4 rings (SSSR count). The van der Waals surface area contributed by atoms with Crippen LogP contribution in [0.2, 0.25) is 0 Å². The molecule has 0 spiro atoms. The second-order valence-corrected chi connectivity index (χ2v) is 7.14. The standard InChI is InChI=1S/C22H17NO3S/c1-26-16-10-8-15(9-11-16)14-23-21(24)19-7-3-2-6-18(19)20(22(23)25)13-17-5-4-12-27-17/h2-13H,14H2,1H3/b20-13-. The van der Waals surface area contributed by atoms with Gasteiger partial charge in [0.25, 0.3) is 11.8 Å². The van der Waals surface area contributed by atoms with Crippen molar-refractivity contribution in [2.75, 3.05) is 7.11 Å². The third-order valence-electron chi connectivity index (χ3n) is 4.50. The zero-order valence-electron chi connectivity index (χ0n) is 14.7. The molecule has 0 unspecified atom stereocenters. The lowest BCUT2D eigenvalue weighted by molar-refractivity contribution is -0.123. The summed E-state index contributed by atoms with van der Waals surface area (Å²) in [6.45, 7) is 0.220. The van der Waals surface area contributed by atoms with Crippen LogP contribution in [0.25, 0.3) is 11.6 Å². The Hall–Kier alpha value is -3.18. The lowest BCUT2D eigenvalue weighted by atomic mass is 9.92. The van der Waals surface area contributed by atoms with E-state index in [0.29, 0.717) is 16.7 Å². The van der Waals surface area contributed by atoms with Gasteiger partial charge in [-0.3, -0.25) is 14.5 Å². The molecule has 0 fully saturated rings. The minimum Gasteiger partial charge on any atom is -0.497 e. The first-order valence-electron chi connectivity index (χ1n) is 8.51. The summed E-state index contributed by atoms with van der Waals surface area (Å²) in [6, 6.07) is 18.5. The Bertz CT molecular complexity index is 1020. The molecule has 3 aromatic rings. The molecular weight excluding hydrogens is 358 g/mol. The monoisotopic (exact) mass is 375 g/mol. The van der Waals surface area contributed by atoms with Crippen LogP contribution in [0.3, 0.4) is 0 Å². The van der Waals surface area contributed by atoms with Crippen LogP contribution < -0.4 is 4.74 Å². The Labute approximate surface area is 161 Å². The lowest BCUT2D eigenvalue weighted by Gasteiger charge is -2.28. The van der Waals surface area contributed by atoms with Crippen molar-refractivity contribution >= 4 is 34.8 Å². The summed E-state index contributed by atoms with van der Waals surface area (Å²) in [6.07, 6.45) is 1.86. The minimum absolute atomic E-state index is 0.220. The summed E-state index contributed by atoms with van der Waals surface area (Å²) in [7, 11) is 1.60. The van der Waals surface area contributed by atoms with Crippen molar-refractivity contribution < 1.29 is 14.3 Å². The highest BCUT2D eigenvalue weighted by atomic mass is 32.1. The van der Waals surface area contributed by atoms with Gasteiger partial charge in [-0.2, -0.15) is 0 Å². The van der Waals surface area contributed by atoms with Crippen molar-refractivity contribution in [1.29, 1.82) is 0 Å². The molecule has 5 heteroatoms. The predicted molar refractivity (Wildman–Crippen MR) is 107 cm³/mol. The Morgan fingerprint density at radius 2 is 1.67 bits per heavy atom. The largest absolute Gasteiger partial charge is 0.497 e. The van der Waals surface area contributed by atoms with Gasteiger partial charge in [-0.15, -0.1) is 11.3 Å². The summed E-state index contributed by atoms with van der Waals surface area (Å²) in [4.78, 5) is 28.4. The number of benzene rings is 2. The van der Waals surface area contributed by atoms with Crippen LogP contribution in [-0.4, -0.2) is 23.8 Å². The van der Waals surface area contributed by atoms with E-state index in [4.69, 9.17) is 4.74 Å². The maximum atomic E-state index is 13.2. The molecule has 27 heavy (non-hydrogen) atoms. The van der Waals surface area contributed by atoms with Crippen molar-refractivity contribution in [3.05, 3.63) is 87.6 Å². The summed E-state index contributed by atoms with van der Waals surface area (Å²) < 4.78 is 5.17. The summed E-state index contributed by atoms with van der Waals surface area (Å²) in [5.41, 5.74) is 2.65. The van der Waals surface area contributed by atoms with Gasteiger partial charge in [-0.05, 0) is 46.8 Å². The molecule has 0 saturated heterocycles. The Morgan fingerprint density at radius 3 is 2.33 bits per heavy atom. The number of rotatable bonds is 4. The van der Waals surface area contributed by atoms with Crippen LogP contribution in [-0.2, 0) is 11.3 Å². The fourth-order valence-corrected chi connectivity index (χ4v) is 3.77. The number of carbonyl (C=O) groups is 2. The molecule has 2 aromatic carbocycles. The van der Waals surface area contributed by atoms with E-state index in [-0.39, 0.29) is 18.4 Å². The predicted octanol–water partition coefficient (Wildman–Crippen LogP) is 4.48. The van der Waals surface area contributed by atoms with Crippen LogP contribution in [0.4, 0.5) is 0 Å². The smallest absolute Gasteiger partial charge is 0.261 e. The number of imide groups is 1. The van der Waals surface area contributed by atoms with Gasteiger partial charge in [0.05, 0.1) is 13.7 Å². The molecular formula is C22H17NO3S. The summed E-state index contributed by atoms with van der Waals surface area (Å²) >= 11 is 1.56. The first kappa shape index (κ1) is 17.2. The van der Waals surface area contributed by atoms with Crippen molar-refractivity contribution in [2.24, 2.45) is 0 Å². The Morgan fingerprint density at radius 1 is 0.926 bits per heavy atom. The van der Waals surface area contributed by atoms with Gasteiger partial charge < -0.3 is 4.74 Å². The van der Waals surface area contributed by atoms with Crippen LogP contribution in [0.1, 0.15) is 26.4 Å². The average Bonchev–Trinajstić information content (AvgIpc) is 3.22. The van der Waals surface area contributed by atoms with Gasteiger partial charge in [0.2, 0.25) is 0 Å². The van der Waals surface area contributed by atoms with Gasteiger partial charge in [-0.25, -0.2) is 0 Å². The highest BCUT2D eigenvalue weighted by Crippen LogP contribution is 2.32. The zero-order chi connectivity index (χ0) is 18.8. The number of thiophene rings is 1. The van der Waals surface area contributed by atoms with Gasteiger partial charge >= 0.3 is 0 Å². The number of nitrogens with zero attached hydrogens (tertiary/aromatic N) is 1. The fourth-order valence-electron chi connectivity index (χ4n) is 3.11. The molecule has 134 valence electrons. The summed E-state index contributed by atoms with van der Waals surface area (Å²) in [5, 5.41) is 1.96. The fraction of sp³-hybridized carbons (Fsp3) is 0.0909. The number of methoxy groups -OCH3 is 1. The first-order chi connectivity index (χ1) is 13.2. The second kappa shape index (κ2) is 7.21. The SMILES string of the molecule is COc1ccc(CN2C(=O)/C(=C\c3cccs3)c3ccccc3C2=O)cc1. The van der Waals surface area contributed by atoms with E-state index in [1.165, 1.54) is 4.90 Å². The minimum atomic E-state index is -0.275. The molecule has 1 aliphatic rings. The van der Waals surface area contributed by atoms with Crippen LogP contribution >= 0.6 is 11.3 Å². The maximum Gasteiger partial charge on any atom is 0.261 e. The molecule has 1 aliphatic heterocycles. The molecule has 2 heterocycles. The Balaban J connectivity index is 1.74. The number of amides is 2. The third kappa shape index (κ3) is 3.29. The first-order valence-corrected chi connectivity index (χ1v) is 9.39. The van der Waals surface area contributed by atoms with E-state index < -0.39 is 0 Å². The maximum absolute atomic E-state index is 13.2. The molecule has 1 aromatic heterocycles. The summed E-state index contributed by atoms with van der Waals surface area (Å²) in [5.74, 6) is 0.191. The average molecular weight is 375 g/mol. The second-order valence-electron chi connectivity index (χ2n) is 6.16. The van der Waals surface area contributed by atoms with Crippen LogP contribution in [0, 0.1) is 0 Å². The third-order valence-corrected chi connectivity index (χ3v) is 5.32. The molecule has 4 nitrogen and oxygen atoms in total. The van der Waals surface area contributed by atoms with E-state index >= 15 is 0 Å². The van der Waals surface area contributed by atoms with Crippen LogP contribution in [0.15, 0.2) is 66.0 Å². The van der Waals surface area contributed by atoms with E-state index in [0.717, 1.165) is 16.2 Å². The van der Waals surface area contributed by atoms with Crippen molar-refractivity contribution in [3.8, 4) is 5.75 Å². The zero-order valence-corrected chi connectivity index (χ0v) is 15.5.